The molecule has 0 bridgehead atoms. The van der Waals surface area contributed by atoms with Crippen molar-refractivity contribution < 1.29 is 14.0 Å². The zero-order chi connectivity index (χ0) is 27.8. The summed E-state index contributed by atoms with van der Waals surface area (Å²) < 4.78 is 12.2. The van der Waals surface area contributed by atoms with E-state index in [2.05, 4.69) is 44.3 Å². The highest BCUT2D eigenvalue weighted by Crippen LogP contribution is 2.29. The maximum absolute atomic E-state index is 12.2. The van der Waals surface area contributed by atoms with Crippen molar-refractivity contribution in [2.24, 2.45) is 11.5 Å². The lowest BCUT2D eigenvalue weighted by Gasteiger charge is -2.29. The molecule has 0 atom stereocenters. The fourth-order valence-electron chi connectivity index (χ4n) is 4.85. The molecular formula is C29H36FN7O2. The summed E-state index contributed by atoms with van der Waals surface area (Å²) in [7, 11) is 2.18. The molecule has 10 heteroatoms. The minimum Gasteiger partial charge on any atom is -0.366 e. The first-order chi connectivity index (χ1) is 18.8. The number of piperidine rings is 2. The van der Waals surface area contributed by atoms with Gasteiger partial charge in [0.25, 0.3) is 5.91 Å². The van der Waals surface area contributed by atoms with Crippen molar-refractivity contribution in [2.45, 2.75) is 38.0 Å². The van der Waals surface area contributed by atoms with Gasteiger partial charge in [0.05, 0.1) is 6.20 Å². The highest BCUT2D eigenvalue weighted by molar-refractivity contribution is 5.96. The number of primary amides is 2. The number of nitrogens with one attached hydrogen (secondary N) is 1. The molecule has 2 aliphatic rings. The number of halogens is 1. The summed E-state index contributed by atoms with van der Waals surface area (Å²) in [5.41, 5.74) is 13.2. The predicted octanol–water partition coefficient (Wildman–Crippen LogP) is 4.04. The Morgan fingerprint density at radius 2 is 1.54 bits per heavy atom. The summed E-state index contributed by atoms with van der Waals surface area (Å²) in [4.78, 5) is 35.8. The van der Waals surface area contributed by atoms with E-state index in [1.807, 2.05) is 12.1 Å². The predicted molar refractivity (Wildman–Crippen MR) is 151 cm³/mol. The molecule has 3 aromatic rings. The van der Waals surface area contributed by atoms with Gasteiger partial charge in [-0.15, -0.1) is 0 Å². The van der Waals surface area contributed by atoms with E-state index in [0.29, 0.717) is 17.3 Å². The molecule has 0 radical (unpaired) electrons. The molecule has 0 aliphatic carbocycles. The average molecular weight is 534 g/mol. The lowest BCUT2D eigenvalue weighted by molar-refractivity contribution is 0.0989. The Labute approximate surface area is 228 Å². The quantitative estimate of drug-likeness (QED) is 0.436. The first-order valence-electron chi connectivity index (χ1n) is 13.3. The van der Waals surface area contributed by atoms with Crippen molar-refractivity contribution in [2.75, 3.05) is 43.4 Å². The van der Waals surface area contributed by atoms with Crippen LogP contribution in [0.1, 0.15) is 64.4 Å². The van der Waals surface area contributed by atoms with E-state index in [0.717, 1.165) is 50.5 Å². The Morgan fingerprint density at radius 3 is 2.13 bits per heavy atom. The number of carbonyl (C=O) groups is 2. The molecular weight excluding hydrogens is 497 g/mol. The van der Waals surface area contributed by atoms with Gasteiger partial charge in [-0.25, -0.2) is 14.4 Å². The van der Waals surface area contributed by atoms with Crippen LogP contribution >= 0.6 is 0 Å². The van der Waals surface area contributed by atoms with Crippen LogP contribution in [-0.4, -0.2) is 59.9 Å². The zero-order valence-electron chi connectivity index (χ0n) is 22.3. The Hall–Kier alpha value is -4.05. The van der Waals surface area contributed by atoms with Crippen LogP contribution in [0.4, 0.5) is 21.7 Å². The molecule has 0 unspecified atom stereocenters. The fraction of sp³-hybridized carbons (Fsp3) is 0.379. The molecule has 3 heterocycles. The van der Waals surface area contributed by atoms with E-state index >= 15 is 0 Å². The van der Waals surface area contributed by atoms with Crippen LogP contribution in [-0.2, 0) is 0 Å². The van der Waals surface area contributed by atoms with Gasteiger partial charge in [-0.1, -0.05) is 12.1 Å². The summed E-state index contributed by atoms with van der Waals surface area (Å²) in [6, 6.07) is 13.5. The summed E-state index contributed by atoms with van der Waals surface area (Å²) in [6.07, 6.45) is 7.59. The molecule has 5 N–H and O–H groups in total. The van der Waals surface area contributed by atoms with Crippen LogP contribution in [0.5, 0.6) is 0 Å². The number of aromatic nitrogens is 2. The number of nitrogens with zero attached hydrogens (tertiary/aromatic N) is 4. The van der Waals surface area contributed by atoms with Crippen LogP contribution in [0.2, 0.25) is 0 Å². The van der Waals surface area contributed by atoms with E-state index in [-0.39, 0.29) is 11.5 Å². The van der Waals surface area contributed by atoms with E-state index in [9.17, 15) is 14.0 Å². The number of carbonyl (C=O) groups excluding carboxylic acids is 2. The number of likely N-dealkylation sites (tertiary alicyclic amines) is 1. The lowest BCUT2D eigenvalue weighted by Crippen LogP contribution is -2.31. The summed E-state index contributed by atoms with van der Waals surface area (Å²) in [6.45, 7) is 4.22. The van der Waals surface area contributed by atoms with Gasteiger partial charge in [-0.3, -0.25) is 9.59 Å². The van der Waals surface area contributed by atoms with E-state index in [1.54, 1.807) is 6.20 Å². The fourth-order valence-corrected chi connectivity index (χ4v) is 4.85. The average Bonchev–Trinajstić information content (AvgIpc) is 2.95. The molecule has 0 spiro atoms. The van der Waals surface area contributed by atoms with Crippen LogP contribution < -0.4 is 21.7 Å². The minimum atomic E-state index is -0.576. The second-order valence-electron chi connectivity index (χ2n) is 10.0. The number of rotatable bonds is 6. The topological polar surface area (TPSA) is 130 Å². The second kappa shape index (κ2) is 13.1. The van der Waals surface area contributed by atoms with Gasteiger partial charge in [0.15, 0.2) is 11.5 Å². The largest absolute Gasteiger partial charge is 0.366 e. The Balaban J connectivity index is 0.000000298. The Morgan fingerprint density at radius 1 is 0.897 bits per heavy atom. The normalized spacial score (nSPS) is 16.2. The highest BCUT2D eigenvalue weighted by atomic mass is 19.1. The zero-order valence-corrected chi connectivity index (χ0v) is 22.3. The molecule has 39 heavy (non-hydrogen) atoms. The van der Waals surface area contributed by atoms with Crippen molar-refractivity contribution in [3.05, 3.63) is 77.4 Å². The van der Waals surface area contributed by atoms with Gasteiger partial charge in [0.1, 0.15) is 11.6 Å². The van der Waals surface area contributed by atoms with Gasteiger partial charge >= 0.3 is 0 Å². The highest BCUT2D eigenvalue weighted by Gasteiger charge is 2.20. The summed E-state index contributed by atoms with van der Waals surface area (Å²) >= 11 is 0. The molecule has 0 saturated carbocycles. The molecule has 9 nitrogen and oxygen atoms in total. The van der Waals surface area contributed by atoms with E-state index < -0.39 is 11.8 Å². The van der Waals surface area contributed by atoms with Crippen molar-refractivity contribution in [1.82, 2.24) is 14.9 Å². The summed E-state index contributed by atoms with van der Waals surface area (Å²) in [5.74, 6) is 0.342. The smallest absolute Gasteiger partial charge is 0.271 e. The number of nitrogens with two attached hydrogens (primary N) is 2. The second-order valence-corrected chi connectivity index (χ2v) is 10.0. The first-order valence-corrected chi connectivity index (χ1v) is 13.3. The monoisotopic (exact) mass is 533 g/mol. The van der Waals surface area contributed by atoms with Crippen molar-refractivity contribution in [3.8, 4) is 0 Å². The van der Waals surface area contributed by atoms with E-state index in [1.165, 1.54) is 49.1 Å². The van der Waals surface area contributed by atoms with Gasteiger partial charge < -0.3 is 26.6 Å². The lowest BCUT2D eigenvalue weighted by atomic mass is 9.89. The molecule has 206 valence electrons. The molecule has 1 aromatic heterocycles. The molecule has 2 fully saturated rings. The van der Waals surface area contributed by atoms with Gasteiger partial charge in [-0.05, 0) is 100 Å². The van der Waals surface area contributed by atoms with Gasteiger partial charge in [0.2, 0.25) is 5.91 Å². The van der Waals surface area contributed by atoms with Crippen LogP contribution in [0.25, 0.3) is 0 Å². The molecule has 2 saturated heterocycles. The van der Waals surface area contributed by atoms with E-state index in [4.69, 9.17) is 11.5 Å². The molecule has 2 aliphatic heterocycles. The van der Waals surface area contributed by atoms with Crippen LogP contribution in [0, 0.1) is 5.82 Å². The molecule has 2 aromatic carbocycles. The molecule has 5 rings (SSSR count). The number of benzene rings is 2. The Kier molecular flexibility index (Phi) is 9.43. The van der Waals surface area contributed by atoms with Crippen molar-refractivity contribution in [3.63, 3.8) is 0 Å². The SMILES string of the molecule is CN1CCC(c2ccc(Nc3nc(N4CCCCC4)cnc3C(N)=O)cc2)CC1.NC(=O)c1ccc(F)cc1. The summed E-state index contributed by atoms with van der Waals surface area (Å²) in [5, 5.41) is 3.26. The number of anilines is 3. The third-order valence-electron chi connectivity index (χ3n) is 7.17. The standard InChI is InChI=1S/C22H30N6O.C7H6FNO/c1-27-13-9-17(10-14-27)16-5-7-18(8-6-16)25-22-20(21(23)29)24-15-19(26-22)28-11-3-2-4-12-28;8-6-3-1-5(2-4-6)7(9)10/h5-8,15,17H,2-4,9-14H2,1H3,(H2,23,29)(H,25,26);1-4H,(H2,9,10). The maximum Gasteiger partial charge on any atom is 0.271 e. The minimum absolute atomic E-state index is 0.171. The maximum atomic E-state index is 12.2. The number of hydrogen-bond donors (Lipinski definition) is 3. The number of amides is 2. The van der Waals surface area contributed by atoms with Crippen LogP contribution in [0.15, 0.2) is 54.7 Å². The third-order valence-corrected chi connectivity index (χ3v) is 7.17. The first kappa shape index (κ1) is 28.0. The Bertz CT molecular complexity index is 1250. The third kappa shape index (κ3) is 7.73. The number of hydrogen-bond acceptors (Lipinski definition) is 7. The van der Waals surface area contributed by atoms with Crippen molar-refractivity contribution >= 4 is 29.1 Å². The van der Waals surface area contributed by atoms with Gasteiger partial charge in [-0.2, -0.15) is 0 Å². The van der Waals surface area contributed by atoms with Crippen LogP contribution in [0.3, 0.4) is 0 Å². The van der Waals surface area contributed by atoms with Crippen molar-refractivity contribution in [1.29, 1.82) is 0 Å². The molecule has 2 amide bonds. The van der Waals surface area contributed by atoms with Gasteiger partial charge in [0, 0.05) is 24.3 Å².